The molecule has 78 valence electrons. The SMILES string of the molecule is Nc1cc(C(F)F)ccc1OCCCl. The van der Waals surface area contributed by atoms with Crippen molar-refractivity contribution in [2.45, 2.75) is 6.43 Å². The summed E-state index contributed by atoms with van der Waals surface area (Å²) < 4.78 is 29.5. The molecule has 0 bridgehead atoms. The lowest BCUT2D eigenvalue weighted by molar-refractivity contribution is 0.151. The Balaban J connectivity index is 2.79. The van der Waals surface area contributed by atoms with Crippen LogP contribution in [0.4, 0.5) is 14.5 Å². The van der Waals surface area contributed by atoms with Crippen LogP contribution in [0.5, 0.6) is 5.75 Å². The van der Waals surface area contributed by atoms with E-state index in [0.717, 1.165) is 0 Å². The molecule has 2 nitrogen and oxygen atoms in total. The third-order valence-electron chi connectivity index (χ3n) is 1.62. The zero-order valence-electron chi connectivity index (χ0n) is 7.34. The second-order valence-corrected chi connectivity index (χ2v) is 3.01. The minimum absolute atomic E-state index is 0.110. The molecule has 0 saturated carbocycles. The molecule has 0 aliphatic heterocycles. The van der Waals surface area contributed by atoms with E-state index in [0.29, 0.717) is 18.2 Å². The number of rotatable bonds is 4. The van der Waals surface area contributed by atoms with Gasteiger partial charge in [-0.25, -0.2) is 8.78 Å². The molecule has 0 saturated heterocycles. The van der Waals surface area contributed by atoms with Crippen molar-refractivity contribution in [3.63, 3.8) is 0 Å². The molecular weight excluding hydrogens is 212 g/mol. The molecular formula is C9H10ClF2NO. The molecule has 0 fully saturated rings. The average molecular weight is 222 g/mol. The summed E-state index contributed by atoms with van der Waals surface area (Å²) in [6.07, 6.45) is -2.51. The molecule has 1 aromatic carbocycles. The van der Waals surface area contributed by atoms with E-state index >= 15 is 0 Å². The lowest BCUT2D eigenvalue weighted by atomic mass is 10.2. The predicted octanol–water partition coefficient (Wildman–Crippen LogP) is 2.82. The van der Waals surface area contributed by atoms with Crippen LogP contribution in [-0.2, 0) is 0 Å². The monoisotopic (exact) mass is 221 g/mol. The van der Waals surface area contributed by atoms with Crippen molar-refractivity contribution >= 4 is 17.3 Å². The van der Waals surface area contributed by atoms with Gasteiger partial charge >= 0.3 is 0 Å². The van der Waals surface area contributed by atoms with Crippen molar-refractivity contribution in [3.05, 3.63) is 23.8 Å². The topological polar surface area (TPSA) is 35.2 Å². The number of halogens is 3. The third-order valence-corrected chi connectivity index (χ3v) is 1.77. The number of hydrogen-bond donors (Lipinski definition) is 1. The van der Waals surface area contributed by atoms with Gasteiger partial charge in [0.1, 0.15) is 12.4 Å². The highest BCUT2D eigenvalue weighted by Crippen LogP contribution is 2.27. The highest BCUT2D eigenvalue weighted by Gasteiger charge is 2.09. The maximum Gasteiger partial charge on any atom is 0.263 e. The highest BCUT2D eigenvalue weighted by molar-refractivity contribution is 6.18. The molecule has 0 heterocycles. The molecule has 14 heavy (non-hydrogen) atoms. The molecule has 1 aromatic rings. The van der Waals surface area contributed by atoms with Gasteiger partial charge in [-0.2, -0.15) is 0 Å². The normalized spacial score (nSPS) is 10.6. The minimum atomic E-state index is -2.51. The van der Waals surface area contributed by atoms with Gasteiger partial charge in [-0.15, -0.1) is 11.6 Å². The molecule has 1 rings (SSSR count). The van der Waals surface area contributed by atoms with Gasteiger partial charge in [0.05, 0.1) is 11.6 Å². The van der Waals surface area contributed by atoms with E-state index in [1.165, 1.54) is 18.2 Å². The van der Waals surface area contributed by atoms with E-state index in [9.17, 15) is 8.78 Å². The zero-order valence-corrected chi connectivity index (χ0v) is 8.10. The molecule has 0 aliphatic rings. The van der Waals surface area contributed by atoms with Crippen LogP contribution in [0.15, 0.2) is 18.2 Å². The number of ether oxygens (including phenoxy) is 1. The van der Waals surface area contributed by atoms with Crippen molar-refractivity contribution in [2.75, 3.05) is 18.2 Å². The van der Waals surface area contributed by atoms with Crippen LogP contribution in [0.1, 0.15) is 12.0 Å². The van der Waals surface area contributed by atoms with E-state index in [1.54, 1.807) is 0 Å². The first-order chi connectivity index (χ1) is 6.65. The number of benzene rings is 1. The Morgan fingerprint density at radius 2 is 2.14 bits per heavy atom. The first-order valence-corrected chi connectivity index (χ1v) is 4.55. The number of nitrogen functional groups attached to an aromatic ring is 1. The van der Waals surface area contributed by atoms with Gasteiger partial charge in [0.25, 0.3) is 6.43 Å². The van der Waals surface area contributed by atoms with E-state index < -0.39 is 6.43 Å². The van der Waals surface area contributed by atoms with Crippen molar-refractivity contribution < 1.29 is 13.5 Å². The quantitative estimate of drug-likeness (QED) is 0.627. The number of hydrogen-bond acceptors (Lipinski definition) is 2. The van der Waals surface area contributed by atoms with Gasteiger partial charge in [-0.05, 0) is 18.2 Å². The Kier molecular flexibility index (Phi) is 3.95. The van der Waals surface area contributed by atoms with Crippen molar-refractivity contribution in [1.82, 2.24) is 0 Å². The molecule has 0 atom stereocenters. The minimum Gasteiger partial charge on any atom is -0.490 e. The first kappa shape index (κ1) is 11.0. The molecule has 2 N–H and O–H groups in total. The van der Waals surface area contributed by atoms with Gasteiger partial charge in [-0.3, -0.25) is 0 Å². The number of alkyl halides is 3. The lowest BCUT2D eigenvalue weighted by Crippen LogP contribution is -2.01. The highest BCUT2D eigenvalue weighted by atomic mass is 35.5. The van der Waals surface area contributed by atoms with E-state index in [2.05, 4.69) is 0 Å². The van der Waals surface area contributed by atoms with Crippen molar-refractivity contribution in [1.29, 1.82) is 0 Å². The Hall–Kier alpha value is -1.03. The van der Waals surface area contributed by atoms with Gasteiger partial charge in [0, 0.05) is 5.56 Å². The second kappa shape index (κ2) is 5.00. The largest absolute Gasteiger partial charge is 0.490 e. The Bertz CT molecular complexity index is 307. The van der Waals surface area contributed by atoms with Gasteiger partial charge in [0.15, 0.2) is 0 Å². The summed E-state index contributed by atoms with van der Waals surface area (Å²) in [6, 6.07) is 3.90. The standard InChI is InChI=1S/C9H10ClF2NO/c10-3-4-14-8-2-1-6(9(11)12)5-7(8)13/h1-2,5,9H,3-4,13H2. The molecule has 0 radical (unpaired) electrons. The summed E-state index contributed by atoms with van der Waals surface area (Å²) in [7, 11) is 0. The zero-order chi connectivity index (χ0) is 10.6. The van der Waals surface area contributed by atoms with Crippen LogP contribution in [0.25, 0.3) is 0 Å². The third kappa shape index (κ3) is 2.73. The predicted molar refractivity (Wildman–Crippen MR) is 52.0 cm³/mol. The van der Waals surface area contributed by atoms with Gasteiger partial charge in [0.2, 0.25) is 0 Å². The number of nitrogens with two attached hydrogens (primary N) is 1. The van der Waals surface area contributed by atoms with E-state index in [1.807, 2.05) is 0 Å². The summed E-state index contributed by atoms with van der Waals surface area (Å²) in [4.78, 5) is 0. The van der Waals surface area contributed by atoms with Crippen LogP contribution in [0.3, 0.4) is 0 Å². The fourth-order valence-electron chi connectivity index (χ4n) is 0.983. The fourth-order valence-corrected chi connectivity index (χ4v) is 1.06. The summed E-state index contributed by atoms with van der Waals surface area (Å²) in [6.45, 7) is 0.305. The maximum absolute atomic E-state index is 12.2. The van der Waals surface area contributed by atoms with Crippen LogP contribution < -0.4 is 10.5 Å². The average Bonchev–Trinajstić information content (AvgIpc) is 2.15. The number of anilines is 1. The summed E-state index contributed by atoms with van der Waals surface area (Å²) in [5.41, 5.74) is 5.59. The summed E-state index contributed by atoms with van der Waals surface area (Å²) in [5, 5.41) is 0. The van der Waals surface area contributed by atoms with Crippen molar-refractivity contribution in [2.24, 2.45) is 0 Å². The Morgan fingerprint density at radius 3 is 2.64 bits per heavy atom. The van der Waals surface area contributed by atoms with Gasteiger partial charge in [-0.1, -0.05) is 0 Å². The van der Waals surface area contributed by atoms with Crippen LogP contribution in [0, 0.1) is 0 Å². The summed E-state index contributed by atoms with van der Waals surface area (Å²) in [5.74, 6) is 0.714. The van der Waals surface area contributed by atoms with E-state index in [4.69, 9.17) is 22.1 Å². The van der Waals surface area contributed by atoms with E-state index in [-0.39, 0.29) is 11.3 Å². The summed E-state index contributed by atoms with van der Waals surface area (Å²) >= 11 is 5.40. The van der Waals surface area contributed by atoms with Crippen LogP contribution in [-0.4, -0.2) is 12.5 Å². The van der Waals surface area contributed by atoms with Crippen LogP contribution in [0.2, 0.25) is 0 Å². The molecule has 0 unspecified atom stereocenters. The smallest absolute Gasteiger partial charge is 0.263 e. The van der Waals surface area contributed by atoms with Crippen LogP contribution >= 0.6 is 11.6 Å². The second-order valence-electron chi connectivity index (χ2n) is 2.64. The van der Waals surface area contributed by atoms with Gasteiger partial charge < -0.3 is 10.5 Å². The maximum atomic E-state index is 12.2. The Labute approximate surface area is 85.6 Å². The Morgan fingerprint density at radius 1 is 1.43 bits per heavy atom. The molecule has 5 heteroatoms. The molecule has 0 aliphatic carbocycles. The fraction of sp³-hybridized carbons (Fsp3) is 0.333. The van der Waals surface area contributed by atoms with Crippen molar-refractivity contribution in [3.8, 4) is 5.75 Å². The molecule has 0 aromatic heterocycles. The first-order valence-electron chi connectivity index (χ1n) is 4.01. The lowest BCUT2D eigenvalue weighted by Gasteiger charge is -2.08. The molecule has 0 amide bonds. The molecule has 0 spiro atoms.